The van der Waals surface area contributed by atoms with Crippen molar-refractivity contribution < 1.29 is 14.3 Å². The predicted molar refractivity (Wildman–Crippen MR) is 47.3 cm³/mol. The number of oxazole rings is 1. The Balaban J connectivity index is 2.62. The van der Waals surface area contributed by atoms with Crippen LogP contribution in [-0.4, -0.2) is 14.8 Å². The van der Waals surface area contributed by atoms with E-state index in [0.717, 1.165) is 6.07 Å². The number of hydrogen-bond acceptors (Lipinski definition) is 6. The molecule has 1 heterocycles. The molecule has 2 aromatic rings. The molecule has 0 radical (unpaired) electrons. The zero-order valence-corrected chi connectivity index (χ0v) is 7.11. The van der Waals surface area contributed by atoms with E-state index in [0.29, 0.717) is 0 Å². The molecule has 1 aromatic carbocycles. The minimum atomic E-state index is -0.800. The second-order valence-corrected chi connectivity index (χ2v) is 2.66. The first kappa shape index (κ1) is 9.06. The first-order valence-corrected chi connectivity index (χ1v) is 3.77. The van der Waals surface area contributed by atoms with Crippen LogP contribution < -0.4 is 0 Å². The van der Waals surface area contributed by atoms with Crippen LogP contribution in [-0.2, 0) is 0 Å². The molecule has 0 aliphatic rings. The van der Waals surface area contributed by atoms with Gasteiger partial charge in [-0.3, -0.25) is 10.1 Å². The third kappa shape index (κ3) is 1.47. The van der Waals surface area contributed by atoms with Gasteiger partial charge in [-0.25, -0.2) is 0 Å². The highest BCUT2D eigenvalue weighted by Crippen LogP contribution is 2.24. The third-order valence-corrected chi connectivity index (χ3v) is 1.73. The van der Waals surface area contributed by atoms with Crippen LogP contribution in [0.2, 0.25) is 0 Å². The van der Waals surface area contributed by atoms with E-state index in [2.05, 4.69) is 4.98 Å². The Kier molecular flexibility index (Phi) is 1.82. The summed E-state index contributed by atoms with van der Waals surface area (Å²) in [5.41, 5.74) is 0.0499. The molecule has 0 aliphatic heterocycles. The highest BCUT2D eigenvalue weighted by molar-refractivity contribution is 5.76. The molecule has 8 heteroatoms. The average molecular weight is 209 g/mol. The molecule has 0 bridgehead atoms. The highest BCUT2D eigenvalue weighted by atomic mass is 16.7. The van der Waals surface area contributed by atoms with Crippen molar-refractivity contribution in [3.8, 4) is 0 Å². The summed E-state index contributed by atoms with van der Waals surface area (Å²) >= 11 is 0. The van der Waals surface area contributed by atoms with E-state index in [1.807, 2.05) is 0 Å². The van der Waals surface area contributed by atoms with Crippen molar-refractivity contribution in [2.75, 3.05) is 0 Å². The number of rotatable bonds is 2. The number of nitro benzene ring substituents is 1. The van der Waals surface area contributed by atoms with Crippen LogP contribution in [0.15, 0.2) is 22.6 Å². The Morgan fingerprint density at radius 3 is 2.53 bits per heavy atom. The maximum absolute atomic E-state index is 10.4. The summed E-state index contributed by atoms with van der Waals surface area (Å²) in [7, 11) is 0. The minimum Gasteiger partial charge on any atom is -0.381 e. The second-order valence-electron chi connectivity index (χ2n) is 2.66. The van der Waals surface area contributed by atoms with Gasteiger partial charge in [-0.05, 0) is 6.07 Å². The molecule has 0 aliphatic carbocycles. The smallest absolute Gasteiger partial charge is 0.381 e. The van der Waals surface area contributed by atoms with Gasteiger partial charge in [-0.15, -0.1) is 0 Å². The fourth-order valence-corrected chi connectivity index (χ4v) is 1.10. The summed E-state index contributed by atoms with van der Waals surface area (Å²) < 4.78 is 4.73. The zero-order valence-electron chi connectivity index (χ0n) is 7.11. The van der Waals surface area contributed by atoms with Gasteiger partial charge in [-0.2, -0.15) is 0 Å². The predicted octanol–water partition coefficient (Wildman–Crippen LogP) is 1.64. The molecule has 0 unspecified atom stereocenters. The number of non-ortho nitro benzene ring substituents is 1. The summed E-state index contributed by atoms with van der Waals surface area (Å²) in [6.45, 7) is 0. The summed E-state index contributed by atoms with van der Waals surface area (Å²) in [5.74, 6) is 0. The molecule has 2 rings (SSSR count). The number of hydrogen-bond donors (Lipinski definition) is 0. The van der Waals surface area contributed by atoms with Crippen molar-refractivity contribution in [1.29, 1.82) is 0 Å². The van der Waals surface area contributed by atoms with E-state index in [1.54, 1.807) is 0 Å². The molecular formula is C7H3N3O5. The van der Waals surface area contributed by atoms with Crippen molar-refractivity contribution in [3.05, 3.63) is 38.4 Å². The van der Waals surface area contributed by atoms with Crippen LogP contribution >= 0.6 is 0 Å². The molecule has 0 fully saturated rings. The van der Waals surface area contributed by atoms with Gasteiger partial charge in [0.15, 0.2) is 5.58 Å². The SMILES string of the molecule is O=[N+]([O-])c1ccc2oc([N+](=O)[O-])nc2c1. The normalized spacial score (nSPS) is 10.4. The van der Waals surface area contributed by atoms with Crippen molar-refractivity contribution in [1.82, 2.24) is 4.98 Å². The van der Waals surface area contributed by atoms with Gasteiger partial charge in [-0.1, -0.05) is 0 Å². The van der Waals surface area contributed by atoms with Gasteiger partial charge in [0.1, 0.15) is 0 Å². The van der Waals surface area contributed by atoms with Crippen LogP contribution in [0, 0.1) is 20.2 Å². The van der Waals surface area contributed by atoms with Gasteiger partial charge in [0.25, 0.3) is 5.69 Å². The molecule has 8 nitrogen and oxygen atoms in total. The van der Waals surface area contributed by atoms with Gasteiger partial charge in [0.2, 0.25) is 5.52 Å². The molecule has 0 atom stereocenters. The lowest BCUT2D eigenvalue weighted by Crippen LogP contribution is -1.87. The van der Waals surface area contributed by atoms with Crippen LogP contribution in [0.3, 0.4) is 0 Å². The van der Waals surface area contributed by atoms with Gasteiger partial charge < -0.3 is 14.5 Å². The van der Waals surface area contributed by atoms with Crippen molar-refractivity contribution >= 4 is 22.8 Å². The van der Waals surface area contributed by atoms with Gasteiger partial charge in [0, 0.05) is 16.0 Å². The molecule has 1 aromatic heterocycles. The molecule has 0 saturated carbocycles. The van der Waals surface area contributed by atoms with Crippen molar-refractivity contribution in [2.45, 2.75) is 0 Å². The Hall–Kier alpha value is -2.51. The Bertz CT molecular complexity index is 549. The maximum Gasteiger partial charge on any atom is 0.546 e. The maximum atomic E-state index is 10.4. The summed E-state index contributed by atoms with van der Waals surface area (Å²) in [4.78, 5) is 22.8. The van der Waals surface area contributed by atoms with E-state index >= 15 is 0 Å². The van der Waals surface area contributed by atoms with Crippen LogP contribution in [0.5, 0.6) is 0 Å². The van der Waals surface area contributed by atoms with Crippen LogP contribution in [0.4, 0.5) is 11.7 Å². The number of nitro groups is 2. The monoisotopic (exact) mass is 209 g/mol. The van der Waals surface area contributed by atoms with Crippen LogP contribution in [0.25, 0.3) is 11.1 Å². The summed E-state index contributed by atoms with van der Waals surface area (Å²) in [6.07, 6.45) is 0. The molecule has 0 amide bonds. The second kappa shape index (κ2) is 3.01. The Labute approximate surface area is 81.4 Å². The van der Waals surface area contributed by atoms with Gasteiger partial charge in [0.05, 0.1) is 11.0 Å². The lowest BCUT2D eigenvalue weighted by molar-refractivity contribution is -0.406. The van der Waals surface area contributed by atoms with Crippen molar-refractivity contribution in [2.24, 2.45) is 0 Å². The number of benzene rings is 1. The average Bonchev–Trinajstić information content (AvgIpc) is 2.59. The summed E-state index contributed by atoms with van der Waals surface area (Å²) in [6, 6.07) is 2.90. The van der Waals surface area contributed by atoms with Crippen molar-refractivity contribution in [3.63, 3.8) is 0 Å². The van der Waals surface area contributed by atoms with E-state index in [4.69, 9.17) is 4.42 Å². The Morgan fingerprint density at radius 2 is 1.93 bits per heavy atom. The van der Waals surface area contributed by atoms with E-state index < -0.39 is 15.9 Å². The highest BCUT2D eigenvalue weighted by Gasteiger charge is 2.19. The molecule has 15 heavy (non-hydrogen) atoms. The fourth-order valence-electron chi connectivity index (χ4n) is 1.10. The van der Waals surface area contributed by atoms with Crippen LogP contribution in [0.1, 0.15) is 0 Å². The number of nitrogens with zero attached hydrogens (tertiary/aromatic N) is 3. The van der Waals surface area contributed by atoms with E-state index in [-0.39, 0.29) is 16.8 Å². The lowest BCUT2D eigenvalue weighted by Gasteiger charge is -1.86. The van der Waals surface area contributed by atoms with E-state index in [1.165, 1.54) is 12.1 Å². The fraction of sp³-hybridized carbons (Fsp3) is 0. The largest absolute Gasteiger partial charge is 0.546 e. The van der Waals surface area contributed by atoms with E-state index in [9.17, 15) is 20.2 Å². The lowest BCUT2D eigenvalue weighted by atomic mass is 10.3. The first-order valence-electron chi connectivity index (χ1n) is 3.77. The minimum absolute atomic E-state index is 0.0934. The number of fused-ring (bicyclic) bond motifs is 1. The third-order valence-electron chi connectivity index (χ3n) is 1.73. The first-order chi connectivity index (χ1) is 7.08. The molecule has 0 N–H and O–H groups in total. The topological polar surface area (TPSA) is 112 Å². The molecule has 0 spiro atoms. The quantitative estimate of drug-likeness (QED) is 0.548. The standard InChI is InChI=1S/C7H3N3O5/c11-9(12)4-1-2-6-5(3-4)8-7(15-6)10(13)14/h1-3H. The zero-order chi connectivity index (χ0) is 11.0. The molecule has 0 saturated heterocycles. The Morgan fingerprint density at radius 1 is 1.20 bits per heavy atom. The number of aromatic nitrogens is 1. The molecular weight excluding hydrogens is 206 g/mol. The summed E-state index contributed by atoms with van der Waals surface area (Å²) in [5, 5.41) is 20.7. The molecule has 76 valence electrons. The van der Waals surface area contributed by atoms with Gasteiger partial charge >= 0.3 is 6.01 Å².